The number of rotatable bonds is 2. The first-order valence-corrected chi connectivity index (χ1v) is 4.07. The fourth-order valence-corrected chi connectivity index (χ4v) is 1.11. The van der Waals surface area contributed by atoms with Crippen molar-refractivity contribution in [2.24, 2.45) is 4.99 Å². The maximum atomic E-state index is 5.14. The molecule has 0 aliphatic carbocycles. The molecule has 0 aromatic rings. The largest absolute Gasteiger partial charge is 0.476 e. The van der Waals surface area contributed by atoms with Crippen LogP contribution in [0.1, 0.15) is 6.42 Å². The van der Waals surface area contributed by atoms with Gasteiger partial charge in [-0.2, -0.15) is 0 Å². The molecule has 10 heavy (non-hydrogen) atoms. The molecule has 0 saturated heterocycles. The summed E-state index contributed by atoms with van der Waals surface area (Å²) >= 11 is 2.16. The van der Waals surface area contributed by atoms with Crippen molar-refractivity contribution in [1.29, 1.82) is 0 Å². The molecule has 1 heterocycles. The normalized spacial score (nSPS) is 23.3. The van der Waals surface area contributed by atoms with E-state index in [-0.39, 0.29) is 6.23 Å². The Hall–Kier alpha value is -0.320. The lowest BCUT2D eigenvalue weighted by atomic mass is 10.4. The number of hydrogen-bond donors (Lipinski definition) is 0. The van der Waals surface area contributed by atoms with Gasteiger partial charge in [0.15, 0.2) is 6.23 Å². The van der Waals surface area contributed by atoms with Gasteiger partial charge in [0, 0.05) is 12.5 Å². The topological polar surface area (TPSA) is 21.6 Å². The molecule has 1 rings (SSSR count). The molecule has 0 radical (unpaired) electrons. The van der Waals surface area contributed by atoms with Gasteiger partial charge in [0.25, 0.3) is 0 Å². The molecule has 0 amide bonds. The van der Waals surface area contributed by atoms with Gasteiger partial charge in [0.05, 0.1) is 6.26 Å². The predicted molar refractivity (Wildman–Crippen MR) is 50.3 cm³/mol. The monoisotopic (exact) mass is 249 g/mol. The molecular formula is C7H8INO. The summed E-state index contributed by atoms with van der Waals surface area (Å²) < 4.78 is 6.13. The molecule has 0 saturated carbocycles. The highest BCUT2D eigenvalue weighted by Gasteiger charge is 2.06. The highest BCUT2D eigenvalue weighted by Crippen LogP contribution is 2.10. The van der Waals surface area contributed by atoms with Crippen molar-refractivity contribution in [2.45, 2.75) is 12.6 Å². The fourth-order valence-electron chi connectivity index (χ4n) is 0.648. The third-order valence-corrected chi connectivity index (χ3v) is 1.71. The Morgan fingerprint density at radius 2 is 2.70 bits per heavy atom. The molecule has 0 N–H and O–H groups in total. The van der Waals surface area contributed by atoms with Crippen molar-refractivity contribution in [3.05, 3.63) is 25.0 Å². The molecule has 1 aliphatic rings. The van der Waals surface area contributed by atoms with Gasteiger partial charge >= 0.3 is 0 Å². The molecule has 0 aromatic carbocycles. The first-order chi connectivity index (χ1) is 4.83. The minimum absolute atomic E-state index is 0.0469. The number of hydrogen-bond acceptors (Lipinski definition) is 2. The van der Waals surface area contributed by atoms with Crippen LogP contribution >= 0.6 is 22.6 Å². The zero-order valence-electron chi connectivity index (χ0n) is 5.46. The van der Waals surface area contributed by atoms with Crippen molar-refractivity contribution >= 4 is 26.3 Å². The van der Waals surface area contributed by atoms with E-state index in [1.165, 1.54) is 0 Å². The van der Waals surface area contributed by atoms with E-state index in [4.69, 9.17) is 4.74 Å². The summed E-state index contributed by atoms with van der Waals surface area (Å²) in [4.78, 5) is 4.20. The molecule has 0 aromatic heterocycles. The summed E-state index contributed by atoms with van der Waals surface area (Å²) in [6, 6.07) is 0. The molecule has 3 heteroatoms. The summed E-state index contributed by atoms with van der Waals surface area (Å²) in [5.41, 5.74) is 0. The fraction of sp³-hybridized carbons (Fsp3) is 0.286. The Kier molecular flexibility index (Phi) is 2.92. The quantitative estimate of drug-likeness (QED) is 0.543. The van der Waals surface area contributed by atoms with Crippen LogP contribution in [0.25, 0.3) is 0 Å². The Bertz CT molecular complexity index is 184. The van der Waals surface area contributed by atoms with Crippen molar-refractivity contribution in [1.82, 2.24) is 0 Å². The van der Waals surface area contributed by atoms with Crippen molar-refractivity contribution in [3.63, 3.8) is 0 Å². The Morgan fingerprint density at radius 1 is 1.90 bits per heavy atom. The van der Waals surface area contributed by atoms with Gasteiger partial charge in [-0.05, 0) is 22.6 Å². The van der Waals surface area contributed by atoms with Gasteiger partial charge in [0.2, 0.25) is 0 Å². The van der Waals surface area contributed by atoms with E-state index in [1.54, 1.807) is 12.3 Å². The van der Waals surface area contributed by atoms with Crippen LogP contribution < -0.4 is 0 Å². The Balaban J connectivity index is 2.51. The van der Waals surface area contributed by atoms with Crippen LogP contribution in [0.2, 0.25) is 0 Å². The standard InChI is InChI=1S/C7H8INO/c1-2-3-7-9-6(8)4-5-10-7/h2,4-5,7H,1,3H2. The SMILES string of the molecule is C=CCC1N=C(I)C=CO1. The lowest BCUT2D eigenvalue weighted by Crippen LogP contribution is -2.09. The molecular weight excluding hydrogens is 241 g/mol. The van der Waals surface area contributed by atoms with Crippen LogP contribution in [0.5, 0.6) is 0 Å². The number of ether oxygens (including phenoxy) is 1. The molecule has 0 spiro atoms. The first-order valence-electron chi connectivity index (χ1n) is 2.99. The van der Waals surface area contributed by atoms with Crippen molar-refractivity contribution < 1.29 is 4.74 Å². The average Bonchev–Trinajstić information content (AvgIpc) is 1.88. The number of allylic oxidation sites excluding steroid dienone is 1. The molecule has 0 fully saturated rings. The Morgan fingerprint density at radius 3 is 3.30 bits per heavy atom. The number of halogens is 1. The Labute approximate surface area is 73.8 Å². The number of aliphatic imine (C=N–C) groups is 1. The average molecular weight is 249 g/mol. The highest BCUT2D eigenvalue weighted by molar-refractivity contribution is 14.1. The van der Waals surface area contributed by atoms with Gasteiger partial charge in [-0.25, -0.2) is 4.99 Å². The lowest BCUT2D eigenvalue weighted by Gasteiger charge is -2.12. The summed E-state index contributed by atoms with van der Waals surface area (Å²) in [6.45, 7) is 3.60. The molecule has 1 atom stereocenters. The van der Waals surface area contributed by atoms with E-state index in [1.807, 2.05) is 6.08 Å². The molecule has 1 unspecified atom stereocenters. The van der Waals surface area contributed by atoms with Gasteiger partial charge in [-0.1, -0.05) is 6.08 Å². The van der Waals surface area contributed by atoms with E-state index in [0.717, 1.165) is 10.1 Å². The van der Waals surface area contributed by atoms with Gasteiger partial charge < -0.3 is 4.74 Å². The zero-order valence-corrected chi connectivity index (χ0v) is 7.61. The van der Waals surface area contributed by atoms with E-state index in [0.29, 0.717) is 0 Å². The second kappa shape index (κ2) is 3.75. The maximum Gasteiger partial charge on any atom is 0.193 e. The van der Waals surface area contributed by atoms with Gasteiger partial charge in [0.1, 0.15) is 3.72 Å². The van der Waals surface area contributed by atoms with E-state index in [2.05, 4.69) is 34.2 Å². The minimum Gasteiger partial charge on any atom is -0.476 e. The maximum absolute atomic E-state index is 5.14. The molecule has 0 bridgehead atoms. The van der Waals surface area contributed by atoms with Crippen LogP contribution in [0, 0.1) is 0 Å². The zero-order chi connectivity index (χ0) is 7.40. The van der Waals surface area contributed by atoms with Crippen LogP contribution in [-0.2, 0) is 4.74 Å². The highest BCUT2D eigenvalue weighted by atomic mass is 127. The lowest BCUT2D eigenvalue weighted by molar-refractivity contribution is 0.153. The summed E-state index contributed by atoms with van der Waals surface area (Å²) in [6.07, 6.45) is 6.03. The first kappa shape index (κ1) is 7.78. The van der Waals surface area contributed by atoms with Crippen molar-refractivity contribution in [2.75, 3.05) is 0 Å². The van der Waals surface area contributed by atoms with Crippen LogP contribution in [0.15, 0.2) is 30.0 Å². The minimum atomic E-state index is -0.0469. The molecule has 1 aliphatic heterocycles. The predicted octanol–water partition coefficient (Wildman–Crippen LogP) is 2.27. The molecule has 54 valence electrons. The van der Waals surface area contributed by atoms with E-state index < -0.39 is 0 Å². The van der Waals surface area contributed by atoms with Crippen LogP contribution in [0.4, 0.5) is 0 Å². The van der Waals surface area contributed by atoms with E-state index >= 15 is 0 Å². The smallest absolute Gasteiger partial charge is 0.193 e. The second-order valence-corrected chi connectivity index (χ2v) is 2.97. The van der Waals surface area contributed by atoms with Crippen molar-refractivity contribution in [3.8, 4) is 0 Å². The van der Waals surface area contributed by atoms with Gasteiger partial charge in [-0.15, -0.1) is 6.58 Å². The second-order valence-electron chi connectivity index (χ2n) is 1.87. The third kappa shape index (κ3) is 2.13. The van der Waals surface area contributed by atoms with E-state index in [9.17, 15) is 0 Å². The van der Waals surface area contributed by atoms with Gasteiger partial charge in [-0.3, -0.25) is 0 Å². The summed E-state index contributed by atoms with van der Waals surface area (Å²) in [7, 11) is 0. The summed E-state index contributed by atoms with van der Waals surface area (Å²) in [5.74, 6) is 0. The van der Waals surface area contributed by atoms with Crippen LogP contribution in [-0.4, -0.2) is 9.95 Å². The molecule has 2 nitrogen and oxygen atoms in total. The number of nitrogens with zero attached hydrogens (tertiary/aromatic N) is 1. The summed E-state index contributed by atoms with van der Waals surface area (Å²) in [5, 5.41) is 0. The third-order valence-electron chi connectivity index (χ3n) is 1.08. The van der Waals surface area contributed by atoms with Crippen LogP contribution in [0.3, 0.4) is 0 Å².